The second-order valence-corrected chi connectivity index (χ2v) is 7.70. The summed E-state index contributed by atoms with van der Waals surface area (Å²) < 4.78 is 22.0. The summed E-state index contributed by atoms with van der Waals surface area (Å²) in [6, 6.07) is 0. The Morgan fingerprint density at radius 1 is 0.767 bits per heavy atom. The van der Waals surface area contributed by atoms with E-state index in [1.54, 1.807) is 0 Å². The first kappa shape index (κ1) is 24.8. The molecule has 0 amide bonds. The molecule has 0 saturated carbocycles. The fraction of sp³-hybridized carbons (Fsp3) is 0.818. The van der Waals surface area contributed by atoms with Crippen molar-refractivity contribution in [3.8, 4) is 0 Å². The lowest BCUT2D eigenvalue weighted by Crippen LogP contribution is -2.45. The van der Waals surface area contributed by atoms with Gasteiger partial charge >= 0.3 is 11.9 Å². The van der Waals surface area contributed by atoms with Gasteiger partial charge in [-0.2, -0.15) is 0 Å². The summed E-state index contributed by atoms with van der Waals surface area (Å²) >= 11 is 0. The topological polar surface area (TPSA) is 77.5 Å². The zero-order valence-electron chi connectivity index (χ0n) is 18.6. The predicted molar refractivity (Wildman–Crippen MR) is 113 cm³/mol. The Morgan fingerprint density at radius 3 is 1.47 bits per heavy atom. The number of nitrogens with zero attached hydrogens (tertiary/aromatic N) is 2. The van der Waals surface area contributed by atoms with Gasteiger partial charge in [-0.25, -0.2) is 9.59 Å². The highest BCUT2D eigenvalue weighted by molar-refractivity contribution is 5.91. The fourth-order valence-electron chi connectivity index (χ4n) is 3.60. The summed E-state index contributed by atoms with van der Waals surface area (Å²) in [7, 11) is 0. The van der Waals surface area contributed by atoms with E-state index in [1.165, 1.54) is 12.2 Å². The van der Waals surface area contributed by atoms with Crippen molar-refractivity contribution in [2.24, 2.45) is 0 Å². The highest BCUT2D eigenvalue weighted by Gasteiger charge is 2.25. The van der Waals surface area contributed by atoms with Crippen molar-refractivity contribution in [2.45, 2.75) is 64.8 Å². The summed E-state index contributed by atoms with van der Waals surface area (Å²) in [6.45, 7) is 9.75. The maximum absolute atomic E-state index is 12.3. The third kappa shape index (κ3) is 9.12. The molecule has 2 saturated heterocycles. The molecular formula is C22H38N2O6. The van der Waals surface area contributed by atoms with Crippen molar-refractivity contribution in [1.82, 2.24) is 9.80 Å². The first-order valence-electron chi connectivity index (χ1n) is 11.4. The number of ether oxygens (including phenoxy) is 4. The van der Waals surface area contributed by atoms with E-state index < -0.39 is 11.9 Å². The smallest absolute Gasteiger partial charge is 0.332 e. The van der Waals surface area contributed by atoms with Gasteiger partial charge in [0.05, 0.1) is 26.4 Å². The zero-order valence-corrected chi connectivity index (χ0v) is 18.6. The monoisotopic (exact) mass is 426 g/mol. The molecule has 0 aromatic rings. The second kappa shape index (κ2) is 14.5. The Morgan fingerprint density at radius 2 is 1.13 bits per heavy atom. The third-order valence-electron chi connectivity index (χ3n) is 5.38. The minimum atomic E-state index is -0.518. The van der Waals surface area contributed by atoms with Gasteiger partial charge in [-0.3, -0.25) is 9.80 Å². The minimum Gasteiger partial charge on any atom is -0.443 e. The molecule has 0 bridgehead atoms. The predicted octanol–water partition coefficient (Wildman–Crippen LogP) is 2.33. The summed E-state index contributed by atoms with van der Waals surface area (Å²) in [4.78, 5) is 28.9. The molecule has 0 aromatic heterocycles. The van der Waals surface area contributed by atoms with Crippen LogP contribution < -0.4 is 0 Å². The third-order valence-corrected chi connectivity index (χ3v) is 5.38. The van der Waals surface area contributed by atoms with Crippen LogP contribution in [0, 0.1) is 0 Å². The Labute approximate surface area is 180 Å². The van der Waals surface area contributed by atoms with E-state index in [0.29, 0.717) is 26.4 Å². The van der Waals surface area contributed by atoms with Crippen LogP contribution in [0.2, 0.25) is 0 Å². The molecule has 0 unspecified atom stereocenters. The average Bonchev–Trinajstić information content (AvgIpc) is 2.79. The molecule has 2 heterocycles. The average molecular weight is 427 g/mol. The summed E-state index contributed by atoms with van der Waals surface area (Å²) in [5, 5.41) is 0. The van der Waals surface area contributed by atoms with Gasteiger partial charge in [0.15, 0.2) is 12.5 Å². The van der Waals surface area contributed by atoms with Crippen molar-refractivity contribution in [3.05, 3.63) is 12.2 Å². The standard InChI is InChI=1S/C22H38N2O6/c1-3-5-7-19(23-11-15-27-16-12-23)29-21(25)9-10-22(26)30-20(8-6-4-2)24-13-17-28-18-14-24/h9-10,19-20H,3-8,11-18H2,1-2H3/b10-9+/t19-,20-/m0/s1. The second-order valence-electron chi connectivity index (χ2n) is 7.70. The van der Waals surface area contributed by atoms with Gasteiger partial charge in [0.1, 0.15) is 0 Å². The van der Waals surface area contributed by atoms with Gasteiger partial charge in [-0.1, -0.05) is 26.7 Å². The number of esters is 2. The molecule has 30 heavy (non-hydrogen) atoms. The van der Waals surface area contributed by atoms with Crippen LogP contribution in [-0.2, 0) is 28.5 Å². The van der Waals surface area contributed by atoms with Crippen molar-refractivity contribution < 1.29 is 28.5 Å². The number of carbonyl (C=O) groups is 2. The highest BCUT2D eigenvalue weighted by atomic mass is 16.6. The van der Waals surface area contributed by atoms with Crippen molar-refractivity contribution in [2.75, 3.05) is 52.6 Å². The largest absolute Gasteiger partial charge is 0.443 e. The fourth-order valence-corrected chi connectivity index (χ4v) is 3.60. The minimum absolute atomic E-state index is 0.285. The molecule has 0 aromatic carbocycles. The Kier molecular flexibility index (Phi) is 12.0. The van der Waals surface area contributed by atoms with E-state index in [4.69, 9.17) is 18.9 Å². The van der Waals surface area contributed by atoms with Crippen LogP contribution in [0.25, 0.3) is 0 Å². The number of hydrogen-bond acceptors (Lipinski definition) is 8. The normalized spacial score (nSPS) is 20.7. The van der Waals surface area contributed by atoms with Gasteiger partial charge in [-0.15, -0.1) is 0 Å². The Hall–Kier alpha value is -1.48. The van der Waals surface area contributed by atoms with Crippen LogP contribution in [0.1, 0.15) is 52.4 Å². The molecule has 0 aliphatic carbocycles. The maximum Gasteiger partial charge on any atom is 0.332 e. The van der Waals surface area contributed by atoms with Crippen LogP contribution in [0.5, 0.6) is 0 Å². The van der Waals surface area contributed by atoms with Crippen LogP contribution >= 0.6 is 0 Å². The molecule has 0 spiro atoms. The molecule has 2 fully saturated rings. The van der Waals surface area contributed by atoms with Crippen LogP contribution in [0.15, 0.2) is 12.2 Å². The Bertz CT molecular complexity index is 484. The molecule has 172 valence electrons. The van der Waals surface area contributed by atoms with E-state index in [1.807, 2.05) is 0 Å². The summed E-state index contributed by atoms with van der Waals surface area (Å²) in [5.41, 5.74) is 0. The van der Waals surface area contributed by atoms with Gasteiger partial charge < -0.3 is 18.9 Å². The van der Waals surface area contributed by atoms with Crippen LogP contribution in [0.4, 0.5) is 0 Å². The molecular weight excluding hydrogens is 388 g/mol. The number of rotatable bonds is 12. The first-order chi connectivity index (χ1) is 14.6. The molecule has 2 aliphatic rings. The van der Waals surface area contributed by atoms with E-state index in [9.17, 15) is 9.59 Å². The Balaban J connectivity index is 1.85. The van der Waals surface area contributed by atoms with E-state index >= 15 is 0 Å². The maximum atomic E-state index is 12.3. The van der Waals surface area contributed by atoms with Crippen molar-refractivity contribution >= 4 is 11.9 Å². The van der Waals surface area contributed by atoms with Gasteiger partial charge in [0.2, 0.25) is 0 Å². The number of morpholine rings is 2. The molecule has 2 atom stereocenters. The summed E-state index contributed by atoms with van der Waals surface area (Å²) in [5.74, 6) is -1.04. The van der Waals surface area contributed by atoms with Crippen LogP contribution in [0.3, 0.4) is 0 Å². The molecule has 0 radical (unpaired) electrons. The van der Waals surface area contributed by atoms with Gasteiger partial charge in [0.25, 0.3) is 0 Å². The van der Waals surface area contributed by atoms with Gasteiger partial charge in [0, 0.05) is 38.3 Å². The van der Waals surface area contributed by atoms with Crippen molar-refractivity contribution in [3.63, 3.8) is 0 Å². The van der Waals surface area contributed by atoms with Gasteiger partial charge in [-0.05, 0) is 25.7 Å². The van der Waals surface area contributed by atoms with Crippen LogP contribution in [-0.4, -0.2) is 86.8 Å². The lowest BCUT2D eigenvalue weighted by atomic mass is 10.2. The lowest BCUT2D eigenvalue weighted by molar-refractivity contribution is -0.161. The van der Waals surface area contributed by atoms with E-state index in [2.05, 4.69) is 23.6 Å². The SMILES string of the molecule is CCCC[C@H](OC(=O)/C=C/C(=O)O[C@@H](CCCC)N1CCOCC1)N1CCOCC1. The molecule has 8 heteroatoms. The highest BCUT2D eigenvalue weighted by Crippen LogP contribution is 2.15. The zero-order chi connectivity index (χ0) is 21.6. The lowest BCUT2D eigenvalue weighted by Gasteiger charge is -2.33. The quantitative estimate of drug-likeness (QED) is 0.348. The first-order valence-corrected chi connectivity index (χ1v) is 11.4. The summed E-state index contributed by atoms with van der Waals surface area (Å²) in [6.07, 6.45) is 7.34. The molecule has 2 rings (SSSR count). The van der Waals surface area contributed by atoms with E-state index in [-0.39, 0.29) is 12.5 Å². The molecule has 8 nitrogen and oxygen atoms in total. The van der Waals surface area contributed by atoms with E-state index in [0.717, 1.165) is 64.7 Å². The number of hydrogen-bond donors (Lipinski definition) is 0. The number of unbranched alkanes of at least 4 members (excludes halogenated alkanes) is 2. The molecule has 0 N–H and O–H groups in total. The van der Waals surface area contributed by atoms with Crippen molar-refractivity contribution in [1.29, 1.82) is 0 Å². The number of carbonyl (C=O) groups excluding carboxylic acids is 2. The molecule has 2 aliphatic heterocycles.